The summed E-state index contributed by atoms with van der Waals surface area (Å²) in [7, 11) is 0. The fourth-order valence-corrected chi connectivity index (χ4v) is 2.83. The lowest BCUT2D eigenvalue weighted by Gasteiger charge is -2.28. The molecule has 0 spiro atoms. The summed E-state index contributed by atoms with van der Waals surface area (Å²) in [6, 6.07) is -4.14. The Kier molecular flexibility index (Phi) is 13.8. The van der Waals surface area contributed by atoms with Crippen LogP contribution in [0.2, 0.25) is 0 Å². The van der Waals surface area contributed by atoms with Gasteiger partial charge in [-0.25, -0.2) is 4.79 Å². The van der Waals surface area contributed by atoms with E-state index in [1.165, 1.54) is 6.92 Å². The van der Waals surface area contributed by atoms with Crippen molar-refractivity contribution in [1.82, 2.24) is 16.0 Å². The molecule has 0 aromatic carbocycles. The first-order chi connectivity index (χ1) is 14.9. The number of amides is 4. The Balaban J connectivity index is 5.46. The second-order valence-corrected chi connectivity index (χ2v) is 7.91. The quantitative estimate of drug-likeness (QED) is 0.132. The zero-order valence-electron chi connectivity index (χ0n) is 19.1. The Morgan fingerprint density at radius 3 is 1.94 bits per heavy atom. The number of nitrogens with two attached hydrogens (primary N) is 3. The van der Waals surface area contributed by atoms with Gasteiger partial charge in [-0.05, 0) is 45.1 Å². The Morgan fingerprint density at radius 1 is 0.875 bits per heavy atom. The van der Waals surface area contributed by atoms with Gasteiger partial charge in [0.15, 0.2) is 0 Å². The van der Waals surface area contributed by atoms with Gasteiger partial charge < -0.3 is 38.3 Å². The van der Waals surface area contributed by atoms with Gasteiger partial charge in [0.1, 0.15) is 18.1 Å². The van der Waals surface area contributed by atoms with E-state index in [0.29, 0.717) is 32.2 Å². The zero-order chi connectivity index (χ0) is 24.8. The molecule has 5 unspecified atom stereocenters. The fourth-order valence-electron chi connectivity index (χ4n) is 2.83. The third kappa shape index (κ3) is 11.0. The summed E-state index contributed by atoms with van der Waals surface area (Å²) < 4.78 is 0. The molecule has 0 saturated heterocycles. The van der Waals surface area contributed by atoms with Gasteiger partial charge in [-0.15, -0.1) is 0 Å². The molecule has 0 aliphatic rings. The van der Waals surface area contributed by atoms with Gasteiger partial charge in [-0.1, -0.05) is 20.3 Å². The van der Waals surface area contributed by atoms with Crippen molar-refractivity contribution in [2.45, 2.75) is 83.5 Å². The predicted octanol–water partition coefficient (Wildman–Crippen LogP) is -1.69. The van der Waals surface area contributed by atoms with Gasteiger partial charge >= 0.3 is 5.97 Å². The van der Waals surface area contributed by atoms with E-state index in [4.69, 9.17) is 17.2 Å². The van der Waals surface area contributed by atoms with E-state index in [-0.39, 0.29) is 18.8 Å². The number of carbonyl (C=O) groups is 5. The summed E-state index contributed by atoms with van der Waals surface area (Å²) in [5.74, 6) is -4.15. The molecule has 184 valence electrons. The van der Waals surface area contributed by atoms with E-state index in [2.05, 4.69) is 16.0 Å². The Hall–Kier alpha value is -2.73. The second kappa shape index (κ2) is 15.1. The van der Waals surface area contributed by atoms with Crippen molar-refractivity contribution < 1.29 is 29.1 Å². The zero-order valence-corrected chi connectivity index (χ0v) is 19.1. The molecule has 0 aliphatic heterocycles. The minimum absolute atomic E-state index is 0.177. The first kappa shape index (κ1) is 29.3. The van der Waals surface area contributed by atoms with E-state index in [0.717, 1.165) is 0 Å². The average molecular weight is 459 g/mol. The van der Waals surface area contributed by atoms with E-state index in [1.54, 1.807) is 6.92 Å². The normalized spacial score (nSPS) is 15.5. The summed E-state index contributed by atoms with van der Waals surface area (Å²) in [4.78, 5) is 60.2. The summed E-state index contributed by atoms with van der Waals surface area (Å²) in [5.41, 5.74) is 16.1. The number of carboxylic acids is 1. The monoisotopic (exact) mass is 458 g/mol. The lowest BCUT2D eigenvalue weighted by molar-refractivity contribution is -0.143. The third-order valence-corrected chi connectivity index (χ3v) is 5.08. The number of hydrogen-bond acceptors (Lipinski definition) is 7. The smallest absolute Gasteiger partial charge is 0.326 e. The fraction of sp³-hybridized carbons (Fsp3) is 0.750. The summed E-state index contributed by atoms with van der Waals surface area (Å²) in [5, 5.41) is 16.9. The minimum Gasteiger partial charge on any atom is -0.480 e. The molecule has 10 N–H and O–H groups in total. The van der Waals surface area contributed by atoms with Crippen molar-refractivity contribution >= 4 is 29.6 Å². The number of aliphatic carboxylic acids is 1. The van der Waals surface area contributed by atoms with Gasteiger partial charge in [-0.2, -0.15) is 0 Å². The van der Waals surface area contributed by atoms with Gasteiger partial charge in [0, 0.05) is 6.42 Å². The molecule has 12 nitrogen and oxygen atoms in total. The molecular formula is C20H38N6O6. The summed E-state index contributed by atoms with van der Waals surface area (Å²) >= 11 is 0. The molecule has 5 atom stereocenters. The summed E-state index contributed by atoms with van der Waals surface area (Å²) in [6.45, 7) is 5.45. The molecule has 12 heteroatoms. The van der Waals surface area contributed by atoms with Crippen molar-refractivity contribution in [1.29, 1.82) is 0 Å². The molecule has 0 aromatic rings. The van der Waals surface area contributed by atoms with Crippen LogP contribution in [-0.4, -0.2) is 65.4 Å². The molecule has 32 heavy (non-hydrogen) atoms. The molecule has 0 aromatic heterocycles. The topological polar surface area (TPSA) is 220 Å². The highest BCUT2D eigenvalue weighted by Gasteiger charge is 2.32. The highest BCUT2D eigenvalue weighted by Crippen LogP contribution is 2.11. The van der Waals surface area contributed by atoms with Gasteiger partial charge in [0.05, 0.1) is 6.04 Å². The first-order valence-electron chi connectivity index (χ1n) is 10.8. The van der Waals surface area contributed by atoms with Crippen LogP contribution in [0.3, 0.4) is 0 Å². The largest absolute Gasteiger partial charge is 0.480 e. The maximum absolute atomic E-state index is 12.9. The molecule has 4 amide bonds. The Morgan fingerprint density at radius 2 is 1.47 bits per heavy atom. The van der Waals surface area contributed by atoms with E-state index >= 15 is 0 Å². The van der Waals surface area contributed by atoms with Crippen molar-refractivity contribution in [2.24, 2.45) is 23.1 Å². The first-order valence-corrected chi connectivity index (χ1v) is 10.8. The van der Waals surface area contributed by atoms with Crippen molar-refractivity contribution in [2.75, 3.05) is 6.54 Å². The predicted molar refractivity (Wildman–Crippen MR) is 118 cm³/mol. The maximum Gasteiger partial charge on any atom is 0.326 e. The lowest BCUT2D eigenvalue weighted by Crippen LogP contribution is -2.58. The Bertz CT molecular complexity index is 656. The van der Waals surface area contributed by atoms with Crippen molar-refractivity contribution in [3.05, 3.63) is 0 Å². The van der Waals surface area contributed by atoms with Crippen LogP contribution in [0, 0.1) is 5.92 Å². The molecule has 0 heterocycles. The number of carboxylic acid groups (broad SMARTS) is 1. The van der Waals surface area contributed by atoms with Gasteiger partial charge in [-0.3, -0.25) is 19.2 Å². The van der Waals surface area contributed by atoms with Crippen LogP contribution in [0.1, 0.15) is 59.3 Å². The molecular weight excluding hydrogens is 420 g/mol. The number of hydrogen-bond donors (Lipinski definition) is 7. The summed E-state index contributed by atoms with van der Waals surface area (Å²) in [6.07, 6.45) is 1.64. The SMILES string of the molecule is CCC(C)C(NC(=O)C(CCCCN)NC(=O)C(C)N)C(=O)NC(CCC(N)=O)C(=O)O. The molecule has 0 aliphatic carbocycles. The number of primary amides is 1. The highest BCUT2D eigenvalue weighted by atomic mass is 16.4. The van der Waals surface area contributed by atoms with Crippen LogP contribution < -0.4 is 33.2 Å². The van der Waals surface area contributed by atoms with E-state index < -0.39 is 53.8 Å². The highest BCUT2D eigenvalue weighted by molar-refractivity contribution is 5.94. The molecule has 0 bridgehead atoms. The minimum atomic E-state index is -1.34. The van der Waals surface area contributed by atoms with Gasteiger partial charge in [0.2, 0.25) is 23.6 Å². The second-order valence-electron chi connectivity index (χ2n) is 7.91. The van der Waals surface area contributed by atoms with E-state index in [1.807, 2.05) is 6.92 Å². The van der Waals surface area contributed by atoms with Gasteiger partial charge in [0.25, 0.3) is 0 Å². The number of nitrogens with one attached hydrogen (secondary N) is 3. The number of rotatable bonds is 16. The Labute approximate surface area is 188 Å². The van der Waals surface area contributed by atoms with Crippen LogP contribution in [-0.2, 0) is 24.0 Å². The third-order valence-electron chi connectivity index (χ3n) is 5.08. The van der Waals surface area contributed by atoms with Crippen LogP contribution >= 0.6 is 0 Å². The van der Waals surface area contributed by atoms with E-state index in [9.17, 15) is 29.1 Å². The van der Waals surface area contributed by atoms with Crippen LogP contribution in [0.25, 0.3) is 0 Å². The van der Waals surface area contributed by atoms with Crippen LogP contribution in [0.15, 0.2) is 0 Å². The lowest BCUT2D eigenvalue weighted by atomic mass is 9.96. The van der Waals surface area contributed by atoms with Crippen molar-refractivity contribution in [3.8, 4) is 0 Å². The standard InChI is InChI=1S/C20H38N6O6/c1-4-11(2)16(19(30)25-14(20(31)32)8-9-15(23)27)26-18(29)13(7-5-6-10-21)24-17(28)12(3)22/h11-14,16H,4-10,21-22H2,1-3H3,(H2,23,27)(H,24,28)(H,25,30)(H,26,29)(H,31,32). The molecule has 0 rings (SSSR count). The maximum atomic E-state index is 12.9. The number of unbranched alkanes of at least 4 members (excludes halogenated alkanes) is 1. The molecule has 0 radical (unpaired) electrons. The number of carbonyl (C=O) groups excluding carboxylic acids is 4. The molecule has 0 fully saturated rings. The van der Waals surface area contributed by atoms with Crippen LogP contribution in [0.4, 0.5) is 0 Å². The van der Waals surface area contributed by atoms with Crippen molar-refractivity contribution in [3.63, 3.8) is 0 Å². The van der Waals surface area contributed by atoms with Crippen LogP contribution in [0.5, 0.6) is 0 Å². The average Bonchev–Trinajstić information content (AvgIpc) is 2.72. The molecule has 0 saturated carbocycles.